The quantitative estimate of drug-likeness (QED) is 0.771. The van der Waals surface area contributed by atoms with E-state index < -0.39 is 15.7 Å². The zero-order valence-corrected chi connectivity index (χ0v) is 10.3. The summed E-state index contributed by atoms with van der Waals surface area (Å²) in [6.45, 7) is 4.02. The molecule has 1 atom stereocenters. The van der Waals surface area contributed by atoms with E-state index in [4.69, 9.17) is 4.74 Å². The highest BCUT2D eigenvalue weighted by Crippen LogP contribution is 2.28. The van der Waals surface area contributed by atoms with E-state index in [0.717, 1.165) is 17.7 Å². The van der Waals surface area contributed by atoms with Crippen LogP contribution in [0.1, 0.15) is 26.7 Å². The van der Waals surface area contributed by atoms with Gasteiger partial charge in [0.05, 0.1) is 10.8 Å². The smallest absolute Gasteiger partial charge is 0.146 e. The topological polar surface area (TPSA) is 26.3 Å². The molecule has 0 fully saturated rings. The monoisotopic (exact) mass is 226 g/mol. The van der Waals surface area contributed by atoms with E-state index in [-0.39, 0.29) is 0 Å². The summed E-state index contributed by atoms with van der Waals surface area (Å²) in [6.07, 6.45) is 1.50. The molecule has 0 aliphatic heterocycles. The molecule has 15 heavy (non-hydrogen) atoms. The summed E-state index contributed by atoms with van der Waals surface area (Å²) in [7, 11) is 0.531. The Bertz CT molecular complexity index is 309. The van der Waals surface area contributed by atoms with Crippen molar-refractivity contribution in [3.05, 3.63) is 30.3 Å². The second-order valence-corrected chi connectivity index (χ2v) is 5.16. The van der Waals surface area contributed by atoms with E-state index >= 15 is 0 Å². The number of hydrogen-bond donors (Lipinski definition) is 0. The summed E-state index contributed by atoms with van der Waals surface area (Å²) in [6, 6.07) is 9.50. The summed E-state index contributed by atoms with van der Waals surface area (Å²) in [5, 5.41) is 0. The molecule has 0 aliphatic rings. The molecule has 1 unspecified atom stereocenters. The van der Waals surface area contributed by atoms with Gasteiger partial charge in [0.2, 0.25) is 0 Å². The average molecular weight is 226 g/mol. The lowest BCUT2D eigenvalue weighted by molar-refractivity contribution is 0.0597. The van der Waals surface area contributed by atoms with Crippen molar-refractivity contribution in [1.29, 1.82) is 0 Å². The minimum Gasteiger partial charge on any atom is -0.365 e. The number of rotatable bonds is 5. The molecule has 0 amide bonds. The molecule has 0 heterocycles. The first-order valence-corrected chi connectivity index (χ1v) is 6.37. The van der Waals surface area contributed by atoms with E-state index in [9.17, 15) is 4.21 Å². The fourth-order valence-electron chi connectivity index (χ4n) is 1.64. The predicted molar refractivity (Wildman–Crippen MR) is 63.2 cm³/mol. The highest BCUT2D eigenvalue weighted by molar-refractivity contribution is 7.86. The molecule has 0 aromatic heterocycles. The highest BCUT2D eigenvalue weighted by atomic mass is 32.2. The van der Waals surface area contributed by atoms with Crippen molar-refractivity contribution >= 4 is 10.8 Å². The summed E-state index contributed by atoms with van der Waals surface area (Å²) in [5.74, 6) is 0. The van der Waals surface area contributed by atoms with Gasteiger partial charge in [-0.05, 0) is 25.0 Å². The SMILES string of the molecule is CCC(CC)(OC)S(=O)c1ccccc1. The van der Waals surface area contributed by atoms with Crippen LogP contribution in [0.15, 0.2) is 35.2 Å². The van der Waals surface area contributed by atoms with Crippen LogP contribution in [0.25, 0.3) is 0 Å². The second kappa shape index (κ2) is 5.42. The third-order valence-electron chi connectivity index (χ3n) is 2.74. The normalized spacial score (nSPS) is 13.8. The van der Waals surface area contributed by atoms with Crippen LogP contribution in [0.2, 0.25) is 0 Å². The number of methoxy groups -OCH3 is 1. The van der Waals surface area contributed by atoms with Crippen molar-refractivity contribution < 1.29 is 8.95 Å². The maximum absolute atomic E-state index is 12.3. The van der Waals surface area contributed by atoms with Gasteiger partial charge in [0.15, 0.2) is 0 Å². The Kier molecular flexibility index (Phi) is 4.48. The molecule has 0 bridgehead atoms. The lowest BCUT2D eigenvalue weighted by atomic mass is 10.2. The molecule has 3 heteroatoms. The summed E-state index contributed by atoms with van der Waals surface area (Å²) in [5.41, 5.74) is 0. The third-order valence-corrected chi connectivity index (χ3v) is 4.86. The molecule has 84 valence electrons. The van der Waals surface area contributed by atoms with Crippen molar-refractivity contribution in [2.24, 2.45) is 0 Å². The first-order chi connectivity index (χ1) is 7.20. The van der Waals surface area contributed by atoms with E-state index in [2.05, 4.69) is 0 Å². The van der Waals surface area contributed by atoms with Crippen LogP contribution in [0, 0.1) is 0 Å². The molecule has 0 N–H and O–H groups in total. The Morgan fingerprint density at radius 3 is 2.13 bits per heavy atom. The summed E-state index contributed by atoms with van der Waals surface area (Å²) < 4.78 is 17.8. The highest BCUT2D eigenvalue weighted by Gasteiger charge is 2.33. The molecule has 0 saturated heterocycles. The van der Waals surface area contributed by atoms with E-state index in [0.29, 0.717) is 0 Å². The van der Waals surface area contributed by atoms with Crippen LogP contribution in [0.3, 0.4) is 0 Å². The van der Waals surface area contributed by atoms with Crippen LogP contribution in [0.4, 0.5) is 0 Å². The van der Waals surface area contributed by atoms with Crippen molar-refractivity contribution in [3.8, 4) is 0 Å². The van der Waals surface area contributed by atoms with E-state index in [1.807, 2.05) is 44.2 Å². The Hall–Kier alpha value is -0.670. The fourth-order valence-corrected chi connectivity index (χ4v) is 3.15. The van der Waals surface area contributed by atoms with Crippen LogP contribution < -0.4 is 0 Å². The van der Waals surface area contributed by atoms with Gasteiger partial charge >= 0.3 is 0 Å². The molecule has 1 rings (SSSR count). The molecule has 0 radical (unpaired) electrons. The molecule has 1 aromatic carbocycles. The Morgan fingerprint density at radius 1 is 1.20 bits per heavy atom. The van der Waals surface area contributed by atoms with Crippen LogP contribution in [0.5, 0.6) is 0 Å². The largest absolute Gasteiger partial charge is 0.365 e. The molecule has 1 aromatic rings. The molecule has 2 nitrogen and oxygen atoms in total. The van der Waals surface area contributed by atoms with Crippen molar-refractivity contribution in [1.82, 2.24) is 0 Å². The standard InChI is InChI=1S/C12H18O2S/c1-4-12(5-2,14-3)15(13)11-9-7-6-8-10-11/h6-10H,4-5H2,1-3H3. The van der Waals surface area contributed by atoms with Crippen LogP contribution >= 0.6 is 0 Å². The summed E-state index contributed by atoms with van der Waals surface area (Å²) >= 11 is 0. The molecule has 0 aliphatic carbocycles. The predicted octanol–water partition coefficient (Wildman–Crippen LogP) is 2.96. The maximum Gasteiger partial charge on any atom is 0.146 e. The maximum atomic E-state index is 12.3. The molecular weight excluding hydrogens is 208 g/mol. The third kappa shape index (κ3) is 2.47. The van der Waals surface area contributed by atoms with Gasteiger partial charge in [-0.3, -0.25) is 4.21 Å². The Labute approximate surface area is 94.1 Å². The number of benzene rings is 1. The first-order valence-electron chi connectivity index (χ1n) is 5.22. The fraction of sp³-hybridized carbons (Fsp3) is 0.500. The average Bonchev–Trinajstić information content (AvgIpc) is 2.33. The van der Waals surface area contributed by atoms with Gasteiger partial charge in [-0.1, -0.05) is 32.0 Å². The molecular formula is C12H18O2S. The zero-order valence-electron chi connectivity index (χ0n) is 9.53. The van der Waals surface area contributed by atoms with Gasteiger partial charge in [0.25, 0.3) is 0 Å². The van der Waals surface area contributed by atoms with E-state index in [1.165, 1.54) is 0 Å². The van der Waals surface area contributed by atoms with Gasteiger partial charge in [-0.25, -0.2) is 0 Å². The lowest BCUT2D eigenvalue weighted by Crippen LogP contribution is -2.35. The van der Waals surface area contributed by atoms with Crippen molar-refractivity contribution in [2.45, 2.75) is 36.5 Å². The lowest BCUT2D eigenvalue weighted by Gasteiger charge is -2.29. The van der Waals surface area contributed by atoms with Gasteiger partial charge in [-0.15, -0.1) is 0 Å². The van der Waals surface area contributed by atoms with Crippen LogP contribution in [-0.2, 0) is 15.5 Å². The second-order valence-electron chi connectivity index (χ2n) is 3.40. The summed E-state index contributed by atoms with van der Waals surface area (Å²) in [4.78, 5) is 0.296. The van der Waals surface area contributed by atoms with Gasteiger partial charge < -0.3 is 4.74 Å². The Balaban J connectivity index is 3.01. The minimum absolute atomic E-state index is 0.540. The number of ether oxygens (including phenoxy) is 1. The molecule has 0 saturated carbocycles. The van der Waals surface area contributed by atoms with Crippen LogP contribution in [-0.4, -0.2) is 16.3 Å². The van der Waals surface area contributed by atoms with Gasteiger partial charge in [0.1, 0.15) is 4.93 Å². The first kappa shape index (κ1) is 12.4. The Morgan fingerprint density at radius 2 is 1.73 bits per heavy atom. The van der Waals surface area contributed by atoms with Crippen molar-refractivity contribution in [3.63, 3.8) is 0 Å². The van der Waals surface area contributed by atoms with E-state index in [1.54, 1.807) is 7.11 Å². The van der Waals surface area contributed by atoms with Gasteiger partial charge in [-0.2, -0.15) is 0 Å². The zero-order chi connectivity index (χ0) is 11.3. The number of hydrogen-bond acceptors (Lipinski definition) is 2. The molecule has 0 spiro atoms. The van der Waals surface area contributed by atoms with Crippen molar-refractivity contribution in [2.75, 3.05) is 7.11 Å². The van der Waals surface area contributed by atoms with Gasteiger partial charge in [0, 0.05) is 12.0 Å². The minimum atomic E-state index is -1.10.